The van der Waals surface area contributed by atoms with E-state index in [1.807, 2.05) is 48.9 Å². The molecule has 1 N–H and O–H groups in total. The molecule has 2 fully saturated rings. The van der Waals surface area contributed by atoms with E-state index in [9.17, 15) is 13.2 Å². The molecule has 2 aliphatic rings. The van der Waals surface area contributed by atoms with E-state index < -0.39 is 9.84 Å². The van der Waals surface area contributed by atoms with Crippen molar-refractivity contribution in [2.45, 2.75) is 38.8 Å². The monoisotopic (exact) mass is 428 g/mol. The quantitative estimate of drug-likeness (QED) is 0.735. The lowest BCUT2D eigenvalue weighted by Crippen LogP contribution is -2.49. The van der Waals surface area contributed by atoms with E-state index in [-0.39, 0.29) is 29.5 Å². The van der Waals surface area contributed by atoms with Crippen LogP contribution in [0.15, 0.2) is 36.4 Å². The number of rotatable bonds is 5. The molecule has 3 heterocycles. The Labute approximate surface area is 177 Å². The Morgan fingerprint density at radius 3 is 2.53 bits per heavy atom. The first kappa shape index (κ1) is 20.8. The fourth-order valence-corrected chi connectivity index (χ4v) is 6.46. The van der Waals surface area contributed by atoms with Crippen LogP contribution in [0.2, 0.25) is 0 Å². The predicted molar refractivity (Wildman–Crippen MR) is 117 cm³/mol. The average molecular weight is 429 g/mol. The predicted octanol–water partition coefficient (Wildman–Crippen LogP) is 1.88. The summed E-state index contributed by atoms with van der Waals surface area (Å²) < 4.78 is 26.2. The second kappa shape index (κ2) is 8.35. The first-order valence-electron chi connectivity index (χ1n) is 10.4. The highest BCUT2D eigenvalue weighted by molar-refractivity contribution is 7.91. The molecule has 8 heteroatoms. The van der Waals surface area contributed by atoms with E-state index in [4.69, 9.17) is 0 Å². The number of nitrogens with zero attached hydrogens (tertiary/aromatic N) is 3. The Balaban J connectivity index is 1.48. The van der Waals surface area contributed by atoms with Crippen molar-refractivity contribution in [2.24, 2.45) is 0 Å². The van der Waals surface area contributed by atoms with Crippen molar-refractivity contribution >= 4 is 21.8 Å². The fourth-order valence-electron chi connectivity index (χ4n) is 4.51. The van der Waals surface area contributed by atoms with E-state index in [2.05, 4.69) is 15.3 Å². The lowest BCUT2D eigenvalue weighted by molar-refractivity contribution is -0.117. The standard InChI is InChI=1S/C22H28N4O3S/c1-16-19(17(2)26(24-16)18-8-4-3-5-9-18)10-11-22(27)23-20-14-30(28,29)15-21(20)25-12-6-7-13-25/h3-5,8-11,20-21H,6-7,12-15H2,1-2H3,(H,23,27)/b11-10+. The van der Waals surface area contributed by atoms with Crippen LogP contribution in [0, 0.1) is 13.8 Å². The van der Waals surface area contributed by atoms with Crippen molar-refractivity contribution < 1.29 is 13.2 Å². The molecule has 1 aromatic carbocycles. The minimum atomic E-state index is -3.13. The zero-order valence-corrected chi connectivity index (χ0v) is 18.2. The second-order valence-corrected chi connectivity index (χ2v) is 10.3. The summed E-state index contributed by atoms with van der Waals surface area (Å²) in [5, 5.41) is 7.53. The van der Waals surface area contributed by atoms with Crippen LogP contribution in [0.3, 0.4) is 0 Å². The van der Waals surface area contributed by atoms with Crippen molar-refractivity contribution in [1.29, 1.82) is 0 Å². The molecule has 2 aromatic rings. The molecule has 0 saturated carbocycles. The van der Waals surface area contributed by atoms with Crippen molar-refractivity contribution in [1.82, 2.24) is 20.0 Å². The zero-order chi connectivity index (χ0) is 21.3. The number of benzene rings is 1. The molecule has 1 amide bonds. The highest BCUT2D eigenvalue weighted by Gasteiger charge is 2.42. The van der Waals surface area contributed by atoms with E-state index >= 15 is 0 Å². The molecule has 0 bridgehead atoms. The van der Waals surface area contributed by atoms with Gasteiger partial charge in [0.15, 0.2) is 9.84 Å². The highest BCUT2D eigenvalue weighted by atomic mass is 32.2. The smallest absolute Gasteiger partial charge is 0.244 e. The highest BCUT2D eigenvalue weighted by Crippen LogP contribution is 2.23. The van der Waals surface area contributed by atoms with Gasteiger partial charge in [-0.25, -0.2) is 13.1 Å². The molecule has 0 radical (unpaired) electrons. The molecular formula is C22H28N4O3S. The topological polar surface area (TPSA) is 84.3 Å². The van der Waals surface area contributed by atoms with Gasteiger partial charge in [0.05, 0.1) is 28.9 Å². The SMILES string of the molecule is Cc1nn(-c2ccccc2)c(C)c1/C=C/C(=O)NC1CS(=O)(=O)CC1N1CCCC1. The summed E-state index contributed by atoms with van der Waals surface area (Å²) in [7, 11) is -3.13. The van der Waals surface area contributed by atoms with Crippen LogP contribution in [-0.4, -0.2) is 65.7 Å². The molecule has 2 atom stereocenters. The van der Waals surface area contributed by atoms with Crippen LogP contribution < -0.4 is 5.32 Å². The molecule has 2 unspecified atom stereocenters. The summed E-state index contributed by atoms with van der Waals surface area (Å²) >= 11 is 0. The Bertz CT molecular complexity index is 1050. The molecular weight excluding hydrogens is 400 g/mol. The third kappa shape index (κ3) is 4.34. The normalized spacial score (nSPS) is 23.9. The summed E-state index contributed by atoms with van der Waals surface area (Å²) in [6, 6.07) is 9.36. The largest absolute Gasteiger partial charge is 0.347 e. The number of sulfone groups is 1. The van der Waals surface area contributed by atoms with Gasteiger partial charge in [-0.15, -0.1) is 0 Å². The lowest BCUT2D eigenvalue weighted by Gasteiger charge is -2.28. The lowest BCUT2D eigenvalue weighted by atomic mass is 10.1. The summed E-state index contributed by atoms with van der Waals surface area (Å²) in [6.07, 6.45) is 5.42. The van der Waals surface area contributed by atoms with E-state index in [1.165, 1.54) is 6.08 Å². The molecule has 1 aromatic heterocycles. The molecule has 160 valence electrons. The number of amides is 1. The summed E-state index contributed by atoms with van der Waals surface area (Å²) in [6.45, 7) is 5.69. The van der Waals surface area contributed by atoms with Gasteiger partial charge < -0.3 is 5.32 Å². The first-order chi connectivity index (χ1) is 14.3. The minimum Gasteiger partial charge on any atom is -0.347 e. The third-order valence-corrected chi connectivity index (χ3v) is 7.73. The molecule has 0 spiro atoms. The number of carbonyl (C=O) groups excluding carboxylic acids is 1. The Morgan fingerprint density at radius 2 is 1.83 bits per heavy atom. The van der Waals surface area contributed by atoms with Crippen LogP contribution in [0.4, 0.5) is 0 Å². The van der Waals surface area contributed by atoms with Crippen LogP contribution >= 0.6 is 0 Å². The second-order valence-electron chi connectivity index (χ2n) is 8.17. The number of hydrogen-bond donors (Lipinski definition) is 1. The maximum atomic E-state index is 12.6. The number of nitrogens with one attached hydrogen (secondary N) is 1. The fraction of sp³-hybridized carbons (Fsp3) is 0.455. The van der Waals surface area contributed by atoms with Gasteiger partial charge in [-0.1, -0.05) is 18.2 Å². The molecule has 0 aliphatic carbocycles. The van der Waals surface area contributed by atoms with E-state index in [0.717, 1.165) is 48.6 Å². The first-order valence-corrected chi connectivity index (χ1v) is 12.2. The molecule has 4 rings (SSSR count). The summed E-state index contributed by atoms with van der Waals surface area (Å²) in [5.41, 5.74) is 3.64. The van der Waals surface area contributed by atoms with Gasteiger partial charge in [0.1, 0.15) is 0 Å². The van der Waals surface area contributed by atoms with Gasteiger partial charge in [0.25, 0.3) is 0 Å². The number of aryl methyl sites for hydroxylation is 1. The zero-order valence-electron chi connectivity index (χ0n) is 17.4. The maximum Gasteiger partial charge on any atom is 0.244 e. The van der Waals surface area contributed by atoms with Crippen molar-refractivity contribution in [3.05, 3.63) is 53.4 Å². The Hall–Kier alpha value is -2.45. The number of likely N-dealkylation sites (tertiary alicyclic amines) is 1. The van der Waals surface area contributed by atoms with Gasteiger partial charge >= 0.3 is 0 Å². The minimum absolute atomic E-state index is 0.0116. The Kier molecular flexibility index (Phi) is 5.79. The molecule has 30 heavy (non-hydrogen) atoms. The molecule has 7 nitrogen and oxygen atoms in total. The van der Waals surface area contributed by atoms with Crippen molar-refractivity contribution in [2.75, 3.05) is 24.6 Å². The average Bonchev–Trinajstić information content (AvgIpc) is 3.40. The van der Waals surface area contributed by atoms with Crippen LogP contribution in [0.5, 0.6) is 0 Å². The van der Waals surface area contributed by atoms with Gasteiger partial charge in [-0.05, 0) is 58.0 Å². The van der Waals surface area contributed by atoms with Gasteiger partial charge in [-0.2, -0.15) is 5.10 Å². The number of para-hydroxylation sites is 1. The van der Waals surface area contributed by atoms with Crippen LogP contribution in [0.1, 0.15) is 29.8 Å². The summed E-state index contributed by atoms with van der Waals surface area (Å²) in [4.78, 5) is 14.8. The van der Waals surface area contributed by atoms with Gasteiger partial charge in [-0.3, -0.25) is 9.69 Å². The van der Waals surface area contributed by atoms with Crippen LogP contribution in [-0.2, 0) is 14.6 Å². The van der Waals surface area contributed by atoms with Gasteiger partial charge in [0, 0.05) is 23.4 Å². The number of aromatic nitrogens is 2. The van der Waals surface area contributed by atoms with Gasteiger partial charge in [0.2, 0.25) is 5.91 Å². The number of carbonyl (C=O) groups is 1. The maximum absolute atomic E-state index is 12.6. The van der Waals surface area contributed by atoms with Crippen molar-refractivity contribution in [3.63, 3.8) is 0 Å². The summed E-state index contributed by atoms with van der Waals surface area (Å²) in [5.74, 6) is -0.130. The molecule has 2 saturated heterocycles. The van der Waals surface area contributed by atoms with Crippen molar-refractivity contribution in [3.8, 4) is 5.69 Å². The molecule has 2 aliphatic heterocycles. The van der Waals surface area contributed by atoms with Crippen LogP contribution in [0.25, 0.3) is 11.8 Å². The Morgan fingerprint density at radius 1 is 1.13 bits per heavy atom. The third-order valence-electron chi connectivity index (χ3n) is 6.01. The van der Waals surface area contributed by atoms with E-state index in [1.54, 1.807) is 6.08 Å². The number of hydrogen-bond acceptors (Lipinski definition) is 5. The van der Waals surface area contributed by atoms with E-state index in [0.29, 0.717) is 0 Å².